The fourth-order valence-corrected chi connectivity index (χ4v) is 1.27. The van der Waals surface area contributed by atoms with Crippen LogP contribution in [0.15, 0.2) is 4.52 Å². The van der Waals surface area contributed by atoms with Gasteiger partial charge in [-0.3, -0.25) is 0 Å². The standard InChI is InChI=1S/C11H21N3O/c1-4-6-7-8-9-13-10(14-15-9)11(3,12)5-2/h4-8,12H2,1-3H3. The number of hydrogen-bond donors (Lipinski definition) is 1. The van der Waals surface area contributed by atoms with Crippen molar-refractivity contribution in [3.05, 3.63) is 11.7 Å². The molecule has 1 atom stereocenters. The van der Waals surface area contributed by atoms with Crippen molar-refractivity contribution >= 4 is 0 Å². The third-order valence-electron chi connectivity index (χ3n) is 2.71. The first kappa shape index (κ1) is 12.2. The molecular weight excluding hydrogens is 190 g/mol. The Bertz CT molecular complexity index is 294. The fraction of sp³-hybridized carbons (Fsp3) is 0.818. The largest absolute Gasteiger partial charge is 0.339 e. The van der Waals surface area contributed by atoms with Crippen LogP contribution in [0.3, 0.4) is 0 Å². The van der Waals surface area contributed by atoms with Gasteiger partial charge in [-0.2, -0.15) is 4.98 Å². The molecule has 0 radical (unpaired) electrons. The van der Waals surface area contributed by atoms with Crippen LogP contribution < -0.4 is 5.73 Å². The van der Waals surface area contributed by atoms with Gasteiger partial charge >= 0.3 is 0 Å². The summed E-state index contributed by atoms with van der Waals surface area (Å²) in [5.41, 5.74) is 5.55. The minimum absolute atomic E-state index is 0.466. The highest BCUT2D eigenvalue weighted by molar-refractivity contribution is 5.00. The Balaban J connectivity index is 2.56. The molecule has 1 aromatic rings. The van der Waals surface area contributed by atoms with Gasteiger partial charge in [-0.1, -0.05) is 31.8 Å². The summed E-state index contributed by atoms with van der Waals surface area (Å²) in [7, 11) is 0. The van der Waals surface area contributed by atoms with Gasteiger partial charge in [-0.25, -0.2) is 0 Å². The van der Waals surface area contributed by atoms with E-state index in [0.717, 1.165) is 19.3 Å². The maximum absolute atomic E-state index is 6.02. The smallest absolute Gasteiger partial charge is 0.226 e. The number of nitrogens with zero attached hydrogens (tertiary/aromatic N) is 2. The lowest BCUT2D eigenvalue weighted by atomic mass is 10.0. The number of rotatable bonds is 6. The minimum Gasteiger partial charge on any atom is -0.339 e. The van der Waals surface area contributed by atoms with E-state index in [1.165, 1.54) is 12.8 Å². The molecule has 1 rings (SSSR count). The molecule has 0 spiro atoms. The van der Waals surface area contributed by atoms with Crippen molar-refractivity contribution in [1.82, 2.24) is 10.1 Å². The van der Waals surface area contributed by atoms with Gasteiger partial charge in [-0.15, -0.1) is 0 Å². The molecule has 0 saturated carbocycles. The Labute approximate surface area is 91.2 Å². The third kappa shape index (κ3) is 3.30. The lowest BCUT2D eigenvalue weighted by molar-refractivity contribution is 0.349. The lowest BCUT2D eigenvalue weighted by Crippen LogP contribution is -2.33. The zero-order valence-corrected chi connectivity index (χ0v) is 9.92. The highest BCUT2D eigenvalue weighted by Gasteiger charge is 2.24. The van der Waals surface area contributed by atoms with E-state index < -0.39 is 5.54 Å². The molecule has 0 aliphatic rings. The van der Waals surface area contributed by atoms with Crippen LogP contribution in [0.5, 0.6) is 0 Å². The Hall–Kier alpha value is -0.900. The van der Waals surface area contributed by atoms with Crippen molar-refractivity contribution in [3.63, 3.8) is 0 Å². The average Bonchev–Trinajstić information content (AvgIpc) is 2.68. The summed E-state index contributed by atoms with van der Waals surface area (Å²) in [5.74, 6) is 1.33. The molecule has 1 aromatic heterocycles. The van der Waals surface area contributed by atoms with Gasteiger partial charge in [0.05, 0.1) is 5.54 Å². The normalized spacial score (nSPS) is 15.2. The van der Waals surface area contributed by atoms with Crippen molar-refractivity contribution in [1.29, 1.82) is 0 Å². The Morgan fingerprint density at radius 1 is 1.33 bits per heavy atom. The molecule has 15 heavy (non-hydrogen) atoms. The van der Waals surface area contributed by atoms with Crippen LogP contribution in [-0.4, -0.2) is 10.1 Å². The molecule has 0 saturated heterocycles. The van der Waals surface area contributed by atoms with Gasteiger partial charge in [0.15, 0.2) is 5.82 Å². The second kappa shape index (κ2) is 5.26. The molecule has 0 aliphatic heterocycles. The Morgan fingerprint density at radius 2 is 2.07 bits per heavy atom. The molecule has 0 aliphatic carbocycles. The van der Waals surface area contributed by atoms with Crippen LogP contribution in [0.25, 0.3) is 0 Å². The van der Waals surface area contributed by atoms with E-state index in [1.807, 2.05) is 13.8 Å². The highest BCUT2D eigenvalue weighted by atomic mass is 16.5. The van der Waals surface area contributed by atoms with Crippen LogP contribution >= 0.6 is 0 Å². The summed E-state index contributed by atoms with van der Waals surface area (Å²) in [6.07, 6.45) is 5.17. The number of aryl methyl sites for hydroxylation is 1. The quantitative estimate of drug-likeness (QED) is 0.734. The molecule has 1 unspecified atom stereocenters. The molecule has 0 bridgehead atoms. The van der Waals surface area contributed by atoms with Crippen LogP contribution in [0.2, 0.25) is 0 Å². The molecule has 0 aromatic carbocycles. The second-order valence-electron chi connectivity index (χ2n) is 4.24. The molecule has 1 heterocycles. The molecule has 4 heteroatoms. The maximum Gasteiger partial charge on any atom is 0.226 e. The number of hydrogen-bond acceptors (Lipinski definition) is 4. The average molecular weight is 211 g/mol. The lowest BCUT2D eigenvalue weighted by Gasteiger charge is -2.16. The van der Waals surface area contributed by atoms with Crippen molar-refractivity contribution in [2.45, 2.75) is 58.4 Å². The second-order valence-corrected chi connectivity index (χ2v) is 4.24. The zero-order chi connectivity index (χ0) is 11.3. The Kier molecular flexibility index (Phi) is 4.27. The van der Waals surface area contributed by atoms with E-state index in [2.05, 4.69) is 17.1 Å². The van der Waals surface area contributed by atoms with Gasteiger partial charge in [0, 0.05) is 6.42 Å². The first-order chi connectivity index (χ1) is 7.10. The first-order valence-electron chi connectivity index (χ1n) is 5.72. The number of aromatic nitrogens is 2. The van der Waals surface area contributed by atoms with Crippen molar-refractivity contribution in [3.8, 4) is 0 Å². The van der Waals surface area contributed by atoms with Gasteiger partial charge in [0.2, 0.25) is 5.89 Å². The van der Waals surface area contributed by atoms with Gasteiger partial charge in [0.1, 0.15) is 0 Å². The predicted molar refractivity (Wildman–Crippen MR) is 59.4 cm³/mol. The zero-order valence-electron chi connectivity index (χ0n) is 9.92. The van der Waals surface area contributed by atoms with E-state index in [4.69, 9.17) is 10.3 Å². The molecule has 0 fully saturated rings. The topological polar surface area (TPSA) is 64.9 Å². The Morgan fingerprint density at radius 3 is 2.67 bits per heavy atom. The van der Waals surface area contributed by atoms with Crippen LogP contribution in [-0.2, 0) is 12.0 Å². The first-order valence-corrected chi connectivity index (χ1v) is 5.72. The van der Waals surface area contributed by atoms with Crippen molar-refractivity contribution in [2.24, 2.45) is 5.73 Å². The summed E-state index contributed by atoms with van der Waals surface area (Å²) in [6.45, 7) is 6.12. The minimum atomic E-state index is -0.466. The molecule has 86 valence electrons. The van der Waals surface area contributed by atoms with E-state index >= 15 is 0 Å². The molecule has 0 amide bonds. The van der Waals surface area contributed by atoms with Crippen LogP contribution in [0, 0.1) is 0 Å². The number of nitrogens with two attached hydrogens (primary N) is 1. The van der Waals surface area contributed by atoms with E-state index in [9.17, 15) is 0 Å². The van der Waals surface area contributed by atoms with E-state index in [-0.39, 0.29) is 0 Å². The molecule has 4 nitrogen and oxygen atoms in total. The summed E-state index contributed by atoms with van der Waals surface area (Å²) < 4.78 is 5.16. The van der Waals surface area contributed by atoms with Crippen molar-refractivity contribution < 1.29 is 4.52 Å². The summed E-state index contributed by atoms with van der Waals surface area (Å²) >= 11 is 0. The van der Waals surface area contributed by atoms with Gasteiger partial charge in [-0.05, 0) is 19.8 Å². The van der Waals surface area contributed by atoms with E-state index in [0.29, 0.717) is 11.7 Å². The van der Waals surface area contributed by atoms with Gasteiger partial charge < -0.3 is 10.3 Å². The van der Waals surface area contributed by atoms with Crippen LogP contribution in [0.4, 0.5) is 0 Å². The van der Waals surface area contributed by atoms with Crippen LogP contribution in [0.1, 0.15) is 58.2 Å². The molecule has 2 N–H and O–H groups in total. The summed E-state index contributed by atoms with van der Waals surface area (Å²) in [6, 6.07) is 0. The summed E-state index contributed by atoms with van der Waals surface area (Å²) in [4.78, 5) is 4.32. The summed E-state index contributed by atoms with van der Waals surface area (Å²) in [5, 5.41) is 3.93. The third-order valence-corrected chi connectivity index (χ3v) is 2.71. The maximum atomic E-state index is 6.02. The van der Waals surface area contributed by atoms with Crippen molar-refractivity contribution in [2.75, 3.05) is 0 Å². The molecular formula is C11H21N3O. The van der Waals surface area contributed by atoms with Gasteiger partial charge in [0.25, 0.3) is 0 Å². The monoisotopic (exact) mass is 211 g/mol. The number of unbranched alkanes of at least 4 members (excludes halogenated alkanes) is 2. The predicted octanol–water partition coefficient (Wildman–Crippen LogP) is 2.39. The highest BCUT2D eigenvalue weighted by Crippen LogP contribution is 2.18. The SMILES string of the molecule is CCCCCc1nc(C(C)(N)CC)no1. The fourth-order valence-electron chi connectivity index (χ4n) is 1.27. The van der Waals surface area contributed by atoms with E-state index in [1.54, 1.807) is 0 Å².